The van der Waals surface area contributed by atoms with Gasteiger partial charge >= 0.3 is 0 Å². The average molecular weight is 350 g/mol. The van der Waals surface area contributed by atoms with Crippen LogP contribution in [0.3, 0.4) is 0 Å². The zero-order valence-corrected chi connectivity index (χ0v) is 13.4. The van der Waals surface area contributed by atoms with Crippen molar-refractivity contribution in [1.29, 1.82) is 0 Å². The van der Waals surface area contributed by atoms with Crippen molar-refractivity contribution in [2.45, 2.75) is 32.4 Å². The molecule has 3 rings (SSSR count). The Kier molecular flexibility index (Phi) is 3.37. The van der Waals surface area contributed by atoms with E-state index in [0.29, 0.717) is 17.8 Å². The number of nitrogens with one attached hydrogen (secondary N) is 1. The van der Waals surface area contributed by atoms with E-state index in [4.69, 9.17) is 0 Å². The van der Waals surface area contributed by atoms with E-state index in [0.717, 1.165) is 15.9 Å². The van der Waals surface area contributed by atoms with E-state index in [9.17, 15) is 9.90 Å². The molecule has 21 heavy (non-hydrogen) atoms. The summed E-state index contributed by atoms with van der Waals surface area (Å²) in [6.07, 6.45) is 0.186. The Morgan fingerprint density at radius 1 is 1.43 bits per heavy atom. The van der Waals surface area contributed by atoms with Gasteiger partial charge in [-0.2, -0.15) is 5.10 Å². The predicted molar refractivity (Wildman–Crippen MR) is 83.0 cm³/mol. The van der Waals surface area contributed by atoms with Gasteiger partial charge in [0.25, 0.3) is 5.91 Å². The van der Waals surface area contributed by atoms with E-state index >= 15 is 0 Å². The molecule has 2 aromatic rings. The molecule has 6 heteroatoms. The van der Waals surface area contributed by atoms with Crippen LogP contribution in [0.2, 0.25) is 0 Å². The van der Waals surface area contributed by atoms with E-state index < -0.39 is 11.5 Å². The molecule has 1 aromatic heterocycles. The molecule has 0 fully saturated rings. The zero-order chi connectivity index (χ0) is 15.2. The van der Waals surface area contributed by atoms with Crippen LogP contribution in [0.15, 0.2) is 28.7 Å². The standard InChI is InChI=1S/C15H16BrN3O2/c1-3-19-12(13(16)9(2)18-19)8-15(21)10-6-4-5-7-11(10)17-14(15)20/h4-7,21H,3,8H2,1-2H3,(H,17,20). The largest absolute Gasteiger partial charge is 0.375 e. The Morgan fingerprint density at radius 2 is 2.14 bits per heavy atom. The maximum absolute atomic E-state index is 12.3. The summed E-state index contributed by atoms with van der Waals surface area (Å²) in [5.41, 5.74) is 1.40. The number of nitrogens with zero attached hydrogens (tertiary/aromatic N) is 2. The van der Waals surface area contributed by atoms with Gasteiger partial charge in [0.05, 0.1) is 15.9 Å². The second kappa shape index (κ2) is 4.96. The van der Waals surface area contributed by atoms with Crippen molar-refractivity contribution in [2.24, 2.45) is 0 Å². The molecular formula is C15H16BrN3O2. The van der Waals surface area contributed by atoms with Gasteiger partial charge in [-0.1, -0.05) is 18.2 Å². The third-order valence-corrected chi connectivity index (χ3v) is 4.90. The summed E-state index contributed by atoms with van der Waals surface area (Å²) in [5.74, 6) is -0.392. The van der Waals surface area contributed by atoms with Crippen LogP contribution in [0.5, 0.6) is 0 Å². The number of amides is 1. The summed E-state index contributed by atoms with van der Waals surface area (Å²) in [4.78, 5) is 12.3. The number of carbonyl (C=O) groups excluding carboxylic acids is 1. The highest BCUT2D eigenvalue weighted by Crippen LogP contribution is 2.39. The summed E-state index contributed by atoms with van der Waals surface area (Å²) in [5, 5.41) is 18.1. The van der Waals surface area contributed by atoms with Gasteiger partial charge in [-0.25, -0.2) is 0 Å². The van der Waals surface area contributed by atoms with Crippen molar-refractivity contribution < 1.29 is 9.90 Å². The van der Waals surface area contributed by atoms with E-state index in [-0.39, 0.29) is 6.42 Å². The Hall–Kier alpha value is -1.66. The fourth-order valence-corrected chi connectivity index (χ4v) is 3.18. The first-order chi connectivity index (χ1) is 9.97. The molecule has 2 heterocycles. The number of hydrogen-bond acceptors (Lipinski definition) is 3. The lowest BCUT2D eigenvalue weighted by molar-refractivity contribution is -0.133. The van der Waals surface area contributed by atoms with Crippen LogP contribution in [-0.2, 0) is 23.4 Å². The monoisotopic (exact) mass is 349 g/mol. The third-order valence-electron chi connectivity index (χ3n) is 3.87. The Balaban J connectivity index is 2.07. The highest BCUT2D eigenvalue weighted by molar-refractivity contribution is 9.10. The second-order valence-corrected chi connectivity index (χ2v) is 5.99. The van der Waals surface area contributed by atoms with Crippen molar-refractivity contribution in [3.8, 4) is 0 Å². The number of halogens is 1. The van der Waals surface area contributed by atoms with Gasteiger partial charge in [0, 0.05) is 24.2 Å². The van der Waals surface area contributed by atoms with Crippen LogP contribution < -0.4 is 5.32 Å². The maximum Gasteiger partial charge on any atom is 0.261 e. The van der Waals surface area contributed by atoms with Crippen molar-refractivity contribution in [1.82, 2.24) is 9.78 Å². The zero-order valence-electron chi connectivity index (χ0n) is 11.9. The average Bonchev–Trinajstić information content (AvgIpc) is 2.88. The van der Waals surface area contributed by atoms with E-state index in [1.807, 2.05) is 30.7 Å². The van der Waals surface area contributed by atoms with Crippen LogP contribution in [-0.4, -0.2) is 20.8 Å². The predicted octanol–water partition coefficient (Wildman–Crippen LogP) is 2.36. The van der Waals surface area contributed by atoms with E-state index in [1.54, 1.807) is 12.1 Å². The van der Waals surface area contributed by atoms with Crippen LogP contribution in [0.4, 0.5) is 5.69 Å². The Labute approximate surface area is 131 Å². The van der Waals surface area contributed by atoms with Crippen LogP contribution in [0, 0.1) is 6.92 Å². The Morgan fingerprint density at radius 3 is 2.86 bits per heavy atom. The van der Waals surface area contributed by atoms with Crippen molar-refractivity contribution >= 4 is 27.5 Å². The van der Waals surface area contributed by atoms with Crippen molar-refractivity contribution in [3.05, 3.63) is 45.7 Å². The number of anilines is 1. The number of carbonyl (C=O) groups is 1. The number of rotatable bonds is 3. The highest BCUT2D eigenvalue weighted by atomic mass is 79.9. The number of aryl methyl sites for hydroxylation is 2. The summed E-state index contributed by atoms with van der Waals surface area (Å²) < 4.78 is 2.65. The fourth-order valence-electron chi connectivity index (χ4n) is 2.76. The molecule has 0 saturated carbocycles. The number of aromatic nitrogens is 2. The minimum Gasteiger partial charge on any atom is -0.375 e. The SMILES string of the molecule is CCn1nc(C)c(Br)c1CC1(O)C(=O)Nc2ccccc21. The lowest BCUT2D eigenvalue weighted by Crippen LogP contribution is -2.37. The molecule has 1 atom stereocenters. The maximum atomic E-state index is 12.3. The first kappa shape index (κ1) is 14.3. The molecule has 1 aromatic carbocycles. The molecule has 1 unspecified atom stereocenters. The number of benzene rings is 1. The van der Waals surface area contributed by atoms with E-state index in [1.165, 1.54) is 0 Å². The van der Waals surface area contributed by atoms with Gasteiger partial charge in [-0.05, 0) is 35.8 Å². The molecule has 2 N–H and O–H groups in total. The van der Waals surface area contributed by atoms with Gasteiger partial charge < -0.3 is 10.4 Å². The van der Waals surface area contributed by atoms with Gasteiger partial charge in [0.15, 0.2) is 5.60 Å². The van der Waals surface area contributed by atoms with Gasteiger partial charge in [0.1, 0.15) is 0 Å². The number of para-hydroxylation sites is 1. The quantitative estimate of drug-likeness (QED) is 0.893. The van der Waals surface area contributed by atoms with Crippen molar-refractivity contribution in [2.75, 3.05) is 5.32 Å². The molecule has 110 valence electrons. The molecule has 0 aliphatic carbocycles. The van der Waals surface area contributed by atoms with Gasteiger partial charge in [0.2, 0.25) is 0 Å². The summed E-state index contributed by atoms with van der Waals surface area (Å²) in [7, 11) is 0. The molecule has 1 aliphatic heterocycles. The van der Waals surface area contributed by atoms with Gasteiger partial charge in [-0.3, -0.25) is 9.48 Å². The summed E-state index contributed by atoms with van der Waals surface area (Å²) >= 11 is 3.51. The van der Waals surface area contributed by atoms with Crippen molar-refractivity contribution in [3.63, 3.8) is 0 Å². The first-order valence-corrected chi connectivity index (χ1v) is 7.61. The van der Waals surface area contributed by atoms with Crippen LogP contribution in [0.25, 0.3) is 0 Å². The van der Waals surface area contributed by atoms with Crippen LogP contribution in [0.1, 0.15) is 23.9 Å². The summed E-state index contributed by atoms with van der Waals surface area (Å²) in [6.45, 7) is 4.56. The number of aliphatic hydroxyl groups is 1. The number of fused-ring (bicyclic) bond motifs is 1. The lowest BCUT2D eigenvalue weighted by atomic mass is 9.90. The smallest absolute Gasteiger partial charge is 0.261 e. The lowest BCUT2D eigenvalue weighted by Gasteiger charge is -2.21. The fraction of sp³-hybridized carbons (Fsp3) is 0.333. The molecule has 0 spiro atoms. The molecule has 0 bridgehead atoms. The normalized spacial score (nSPS) is 20.5. The minimum absolute atomic E-state index is 0.186. The highest BCUT2D eigenvalue weighted by Gasteiger charge is 2.46. The summed E-state index contributed by atoms with van der Waals surface area (Å²) in [6, 6.07) is 7.23. The van der Waals surface area contributed by atoms with E-state index in [2.05, 4.69) is 26.3 Å². The Bertz CT molecular complexity index is 726. The topological polar surface area (TPSA) is 67.1 Å². The molecule has 0 radical (unpaired) electrons. The molecule has 1 amide bonds. The molecule has 0 saturated heterocycles. The molecule has 1 aliphatic rings. The van der Waals surface area contributed by atoms with Gasteiger partial charge in [-0.15, -0.1) is 0 Å². The second-order valence-electron chi connectivity index (χ2n) is 5.20. The minimum atomic E-state index is -1.56. The molecular weight excluding hydrogens is 334 g/mol. The van der Waals surface area contributed by atoms with Crippen LogP contribution >= 0.6 is 15.9 Å². The molecule has 5 nitrogen and oxygen atoms in total. The number of hydrogen-bond donors (Lipinski definition) is 2. The third kappa shape index (κ3) is 2.10. The first-order valence-electron chi connectivity index (χ1n) is 6.82.